The van der Waals surface area contributed by atoms with Crippen LogP contribution in [-0.2, 0) is 4.79 Å². The fourth-order valence-electron chi connectivity index (χ4n) is 1.51. The van der Waals surface area contributed by atoms with Crippen LogP contribution in [0.2, 0.25) is 0 Å². The molecule has 20 heavy (non-hydrogen) atoms. The summed E-state index contributed by atoms with van der Waals surface area (Å²) in [6.45, 7) is 0. The molecule has 0 radical (unpaired) electrons. The van der Waals surface area contributed by atoms with E-state index >= 15 is 0 Å². The van der Waals surface area contributed by atoms with Crippen molar-refractivity contribution in [3.05, 3.63) is 64.2 Å². The van der Waals surface area contributed by atoms with Gasteiger partial charge in [0.1, 0.15) is 5.70 Å². The molecule has 0 atom stereocenters. The van der Waals surface area contributed by atoms with E-state index in [0.717, 1.165) is 4.47 Å². The van der Waals surface area contributed by atoms with Crippen molar-refractivity contribution in [1.82, 2.24) is 5.32 Å². The van der Waals surface area contributed by atoms with Crippen LogP contribution in [0.4, 0.5) is 0 Å². The number of halogens is 1. The van der Waals surface area contributed by atoms with E-state index in [-0.39, 0.29) is 11.5 Å². The molecule has 0 fully saturated rings. The Bertz CT molecular complexity index is 662. The molecule has 0 saturated carbocycles. The average molecular weight is 336 g/mol. The quantitative estimate of drug-likeness (QED) is 0.842. The second kappa shape index (κ2) is 6.21. The second-order valence-corrected chi connectivity index (χ2v) is 4.77. The smallest absolute Gasteiger partial charge is 0.352 e. The van der Waals surface area contributed by atoms with Crippen LogP contribution in [0.5, 0.6) is 0 Å². The van der Waals surface area contributed by atoms with Crippen LogP contribution in [0.25, 0.3) is 6.08 Å². The molecule has 102 valence electrons. The van der Waals surface area contributed by atoms with E-state index in [1.165, 1.54) is 18.4 Å². The number of benzene rings is 1. The van der Waals surface area contributed by atoms with Gasteiger partial charge in [-0.3, -0.25) is 4.79 Å². The van der Waals surface area contributed by atoms with Gasteiger partial charge in [-0.15, -0.1) is 0 Å². The molecule has 1 heterocycles. The minimum absolute atomic E-state index is 0.0476. The zero-order valence-corrected chi connectivity index (χ0v) is 11.8. The average Bonchev–Trinajstić information content (AvgIpc) is 2.91. The summed E-state index contributed by atoms with van der Waals surface area (Å²) in [6, 6.07) is 10.1. The summed E-state index contributed by atoms with van der Waals surface area (Å²) in [5.74, 6) is -1.80. The van der Waals surface area contributed by atoms with Crippen molar-refractivity contribution in [3.8, 4) is 0 Å². The van der Waals surface area contributed by atoms with Gasteiger partial charge in [0, 0.05) is 4.47 Å². The van der Waals surface area contributed by atoms with Gasteiger partial charge in [-0.05, 0) is 35.9 Å². The molecule has 0 aliphatic rings. The molecule has 0 aliphatic carbocycles. The highest BCUT2D eigenvalue weighted by molar-refractivity contribution is 9.10. The number of hydrogen-bond donors (Lipinski definition) is 2. The summed E-state index contributed by atoms with van der Waals surface area (Å²) >= 11 is 3.29. The fraction of sp³-hybridized carbons (Fsp3) is 0. The van der Waals surface area contributed by atoms with Gasteiger partial charge in [0.05, 0.1) is 6.26 Å². The molecule has 0 spiro atoms. The Balaban J connectivity index is 2.23. The van der Waals surface area contributed by atoms with Crippen molar-refractivity contribution < 1.29 is 19.1 Å². The number of rotatable bonds is 4. The van der Waals surface area contributed by atoms with Gasteiger partial charge in [0.2, 0.25) is 0 Å². The normalized spacial score (nSPS) is 11.2. The first-order valence-electron chi connectivity index (χ1n) is 5.61. The zero-order valence-electron chi connectivity index (χ0n) is 10.2. The van der Waals surface area contributed by atoms with E-state index in [4.69, 9.17) is 9.52 Å². The summed E-state index contributed by atoms with van der Waals surface area (Å²) in [5.41, 5.74) is 0.418. The molecule has 1 aromatic heterocycles. The number of amides is 1. The summed E-state index contributed by atoms with van der Waals surface area (Å²) in [5, 5.41) is 11.4. The predicted octanol–water partition coefficient (Wildman–Crippen LogP) is 2.90. The molecule has 0 bridgehead atoms. The van der Waals surface area contributed by atoms with Gasteiger partial charge in [0.25, 0.3) is 5.91 Å². The highest BCUT2D eigenvalue weighted by Crippen LogP contribution is 2.14. The Morgan fingerprint density at radius 2 is 2.05 bits per heavy atom. The topological polar surface area (TPSA) is 79.5 Å². The molecule has 1 aromatic carbocycles. The molecule has 0 aliphatic heterocycles. The SMILES string of the molecule is O=C(O)/C(=C\c1cccc(Br)c1)NC(=O)c1ccco1. The molecule has 0 saturated heterocycles. The Labute approximate surface area is 123 Å². The zero-order chi connectivity index (χ0) is 14.5. The van der Waals surface area contributed by atoms with E-state index in [2.05, 4.69) is 21.2 Å². The Morgan fingerprint density at radius 3 is 2.65 bits per heavy atom. The lowest BCUT2D eigenvalue weighted by Gasteiger charge is -2.04. The van der Waals surface area contributed by atoms with Crippen LogP contribution in [-0.4, -0.2) is 17.0 Å². The van der Waals surface area contributed by atoms with E-state index in [1.807, 2.05) is 6.07 Å². The molecule has 5 nitrogen and oxygen atoms in total. The van der Waals surface area contributed by atoms with E-state index in [9.17, 15) is 9.59 Å². The van der Waals surface area contributed by atoms with Crippen molar-refractivity contribution in [2.24, 2.45) is 0 Å². The Morgan fingerprint density at radius 1 is 1.25 bits per heavy atom. The number of carboxylic acid groups (broad SMARTS) is 1. The van der Waals surface area contributed by atoms with Crippen LogP contribution in [0.1, 0.15) is 16.1 Å². The van der Waals surface area contributed by atoms with E-state index in [1.54, 1.807) is 24.3 Å². The molecule has 6 heteroatoms. The lowest BCUT2D eigenvalue weighted by atomic mass is 10.2. The highest BCUT2D eigenvalue weighted by Gasteiger charge is 2.15. The molecule has 1 amide bonds. The maximum Gasteiger partial charge on any atom is 0.352 e. The van der Waals surface area contributed by atoms with Crippen LogP contribution < -0.4 is 5.32 Å². The van der Waals surface area contributed by atoms with Gasteiger partial charge < -0.3 is 14.8 Å². The van der Waals surface area contributed by atoms with Crippen LogP contribution in [0, 0.1) is 0 Å². The minimum Gasteiger partial charge on any atom is -0.477 e. The maximum atomic E-state index is 11.8. The third kappa shape index (κ3) is 3.58. The van der Waals surface area contributed by atoms with Gasteiger partial charge >= 0.3 is 5.97 Å². The van der Waals surface area contributed by atoms with Gasteiger partial charge in [-0.1, -0.05) is 28.1 Å². The Kier molecular flexibility index (Phi) is 4.37. The summed E-state index contributed by atoms with van der Waals surface area (Å²) in [7, 11) is 0. The number of nitrogens with one attached hydrogen (secondary N) is 1. The number of carbonyl (C=O) groups is 2. The summed E-state index contributed by atoms with van der Waals surface area (Å²) < 4.78 is 5.72. The molecule has 2 N–H and O–H groups in total. The number of carboxylic acids is 1. The first-order valence-corrected chi connectivity index (χ1v) is 6.41. The third-order valence-electron chi connectivity index (χ3n) is 2.38. The first-order chi connectivity index (χ1) is 9.56. The van der Waals surface area contributed by atoms with Gasteiger partial charge in [0.15, 0.2) is 5.76 Å². The van der Waals surface area contributed by atoms with Crippen molar-refractivity contribution in [1.29, 1.82) is 0 Å². The fourth-order valence-corrected chi connectivity index (χ4v) is 1.92. The first kappa shape index (κ1) is 14.1. The van der Waals surface area contributed by atoms with Crippen molar-refractivity contribution in [2.75, 3.05) is 0 Å². The van der Waals surface area contributed by atoms with Gasteiger partial charge in [-0.25, -0.2) is 4.79 Å². The highest BCUT2D eigenvalue weighted by atomic mass is 79.9. The largest absolute Gasteiger partial charge is 0.477 e. The lowest BCUT2D eigenvalue weighted by Crippen LogP contribution is -2.26. The number of aliphatic carboxylic acids is 1. The number of carbonyl (C=O) groups excluding carboxylic acids is 1. The van der Waals surface area contributed by atoms with Crippen molar-refractivity contribution in [2.45, 2.75) is 0 Å². The molecule has 2 rings (SSSR count). The maximum absolute atomic E-state index is 11.8. The predicted molar refractivity (Wildman–Crippen MR) is 75.9 cm³/mol. The van der Waals surface area contributed by atoms with Gasteiger partial charge in [-0.2, -0.15) is 0 Å². The summed E-state index contributed by atoms with van der Waals surface area (Å²) in [6.07, 6.45) is 2.71. The lowest BCUT2D eigenvalue weighted by molar-refractivity contribution is -0.132. The molecular weight excluding hydrogens is 326 g/mol. The summed E-state index contributed by atoms with van der Waals surface area (Å²) in [4.78, 5) is 22.9. The van der Waals surface area contributed by atoms with E-state index < -0.39 is 11.9 Å². The monoisotopic (exact) mass is 335 g/mol. The minimum atomic E-state index is -1.23. The Hall–Kier alpha value is -2.34. The van der Waals surface area contributed by atoms with E-state index in [0.29, 0.717) is 5.56 Å². The van der Waals surface area contributed by atoms with Crippen LogP contribution in [0.3, 0.4) is 0 Å². The molecular formula is C14H10BrNO4. The third-order valence-corrected chi connectivity index (χ3v) is 2.88. The van der Waals surface area contributed by atoms with Crippen molar-refractivity contribution in [3.63, 3.8) is 0 Å². The standard InChI is InChI=1S/C14H10BrNO4/c15-10-4-1-3-9(7-10)8-11(14(18)19)16-13(17)12-5-2-6-20-12/h1-8H,(H,16,17)(H,18,19)/b11-8+. The number of hydrogen-bond acceptors (Lipinski definition) is 3. The van der Waals surface area contributed by atoms with Crippen LogP contribution in [0.15, 0.2) is 57.2 Å². The van der Waals surface area contributed by atoms with Crippen molar-refractivity contribution >= 4 is 33.9 Å². The second-order valence-electron chi connectivity index (χ2n) is 3.85. The molecule has 0 unspecified atom stereocenters. The van der Waals surface area contributed by atoms with Crippen LogP contribution >= 0.6 is 15.9 Å². The number of furan rings is 1. The molecule has 2 aromatic rings.